The third-order valence-corrected chi connectivity index (χ3v) is 5.34. The fraction of sp³-hybridized carbons (Fsp3) is 1.00. The van der Waals surface area contributed by atoms with Gasteiger partial charge in [-0.2, -0.15) is 0 Å². The number of rotatable bonds is 3. The van der Waals surface area contributed by atoms with Gasteiger partial charge in [0.15, 0.2) is 0 Å². The van der Waals surface area contributed by atoms with Crippen LogP contribution in [0.1, 0.15) is 65.7 Å². The molecule has 2 saturated carbocycles. The standard InChI is InChI=1S/C15H29N/c1-4-13-6-8-14(9-7-13)16-15-10-5-11(2)12(15)3/h11-16H,4-10H2,1-3H3. The van der Waals surface area contributed by atoms with E-state index in [2.05, 4.69) is 26.1 Å². The number of hydrogen-bond acceptors (Lipinski definition) is 1. The quantitative estimate of drug-likeness (QED) is 0.763. The highest BCUT2D eigenvalue weighted by molar-refractivity contribution is 4.88. The molecule has 0 aromatic heterocycles. The van der Waals surface area contributed by atoms with Crippen molar-refractivity contribution in [2.45, 2.75) is 77.8 Å². The van der Waals surface area contributed by atoms with E-state index < -0.39 is 0 Å². The van der Waals surface area contributed by atoms with Gasteiger partial charge in [0.2, 0.25) is 0 Å². The van der Waals surface area contributed by atoms with E-state index in [-0.39, 0.29) is 0 Å². The Hall–Kier alpha value is -0.0400. The topological polar surface area (TPSA) is 12.0 Å². The molecule has 2 aliphatic rings. The Morgan fingerprint density at radius 2 is 1.62 bits per heavy atom. The fourth-order valence-corrected chi connectivity index (χ4v) is 3.64. The maximum Gasteiger partial charge on any atom is 0.00979 e. The van der Waals surface area contributed by atoms with Crippen LogP contribution < -0.4 is 5.32 Å². The predicted octanol–water partition coefficient (Wildman–Crippen LogP) is 3.98. The summed E-state index contributed by atoms with van der Waals surface area (Å²) in [5, 5.41) is 3.94. The molecule has 1 nitrogen and oxygen atoms in total. The Kier molecular flexibility index (Phi) is 4.29. The molecule has 0 aliphatic heterocycles. The summed E-state index contributed by atoms with van der Waals surface area (Å²) in [7, 11) is 0. The molecule has 94 valence electrons. The summed E-state index contributed by atoms with van der Waals surface area (Å²) < 4.78 is 0. The van der Waals surface area contributed by atoms with Gasteiger partial charge in [-0.3, -0.25) is 0 Å². The number of nitrogens with one attached hydrogen (secondary N) is 1. The van der Waals surface area contributed by atoms with Crippen LogP contribution in [-0.4, -0.2) is 12.1 Å². The normalized spacial score (nSPS) is 44.8. The summed E-state index contributed by atoms with van der Waals surface area (Å²) >= 11 is 0. The SMILES string of the molecule is CCC1CCC(NC2CCC(C)C2C)CC1. The van der Waals surface area contributed by atoms with Crippen LogP contribution in [0.4, 0.5) is 0 Å². The zero-order valence-corrected chi connectivity index (χ0v) is 11.3. The molecule has 2 rings (SSSR count). The molecule has 2 aliphatic carbocycles. The summed E-state index contributed by atoms with van der Waals surface area (Å²) in [5.74, 6) is 2.85. The highest BCUT2D eigenvalue weighted by Gasteiger charge is 2.31. The van der Waals surface area contributed by atoms with Crippen LogP contribution in [0.15, 0.2) is 0 Å². The Morgan fingerprint density at radius 3 is 2.12 bits per heavy atom. The van der Waals surface area contributed by atoms with E-state index in [1.807, 2.05) is 0 Å². The minimum atomic E-state index is 0.818. The molecule has 0 bridgehead atoms. The van der Waals surface area contributed by atoms with Crippen molar-refractivity contribution < 1.29 is 0 Å². The molecule has 0 aromatic rings. The van der Waals surface area contributed by atoms with E-state index in [9.17, 15) is 0 Å². The largest absolute Gasteiger partial charge is 0.311 e. The van der Waals surface area contributed by atoms with Gasteiger partial charge < -0.3 is 5.32 Å². The smallest absolute Gasteiger partial charge is 0.00979 e. The second kappa shape index (κ2) is 5.53. The van der Waals surface area contributed by atoms with Gasteiger partial charge in [-0.05, 0) is 56.3 Å². The van der Waals surface area contributed by atoms with Crippen molar-refractivity contribution >= 4 is 0 Å². The van der Waals surface area contributed by atoms with Gasteiger partial charge >= 0.3 is 0 Å². The molecule has 0 spiro atoms. The minimum absolute atomic E-state index is 0.818. The third kappa shape index (κ3) is 2.80. The lowest BCUT2D eigenvalue weighted by Crippen LogP contribution is -2.42. The lowest BCUT2D eigenvalue weighted by atomic mass is 9.84. The molecule has 0 amide bonds. The van der Waals surface area contributed by atoms with Crippen molar-refractivity contribution in [1.29, 1.82) is 0 Å². The molecule has 16 heavy (non-hydrogen) atoms. The van der Waals surface area contributed by atoms with Gasteiger partial charge in [0.05, 0.1) is 0 Å². The first-order valence-electron chi connectivity index (χ1n) is 7.46. The van der Waals surface area contributed by atoms with Gasteiger partial charge in [0, 0.05) is 12.1 Å². The molecule has 0 saturated heterocycles. The van der Waals surface area contributed by atoms with E-state index >= 15 is 0 Å². The molecular formula is C15H29N. The maximum atomic E-state index is 3.94. The van der Waals surface area contributed by atoms with E-state index in [0.29, 0.717) is 0 Å². The molecule has 0 radical (unpaired) electrons. The summed E-state index contributed by atoms with van der Waals surface area (Å²) in [6.07, 6.45) is 10.0. The zero-order chi connectivity index (χ0) is 11.5. The summed E-state index contributed by atoms with van der Waals surface area (Å²) in [5.41, 5.74) is 0. The molecule has 2 fully saturated rings. The van der Waals surface area contributed by atoms with Crippen molar-refractivity contribution in [1.82, 2.24) is 5.32 Å². The van der Waals surface area contributed by atoms with Crippen molar-refractivity contribution in [3.8, 4) is 0 Å². The number of hydrogen-bond donors (Lipinski definition) is 1. The van der Waals surface area contributed by atoms with Gasteiger partial charge in [-0.25, -0.2) is 0 Å². The fourth-order valence-electron chi connectivity index (χ4n) is 3.64. The van der Waals surface area contributed by atoms with Crippen LogP contribution in [0, 0.1) is 17.8 Å². The Morgan fingerprint density at radius 1 is 0.938 bits per heavy atom. The van der Waals surface area contributed by atoms with Gasteiger partial charge in [0.25, 0.3) is 0 Å². The van der Waals surface area contributed by atoms with E-state index in [0.717, 1.165) is 29.8 Å². The molecule has 0 aromatic carbocycles. The van der Waals surface area contributed by atoms with Crippen LogP contribution in [0.5, 0.6) is 0 Å². The van der Waals surface area contributed by atoms with Crippen LogP contribution >= 0.6 is 0 Å². The van der Waals surface area contributed by atoms with Crippen molar-refractivity contribution in [2.24, 2.45) is 17.8 Å². The Bertz CT molecular complexity index is 205. The first-order chi connectivity index (χ1) is 7.70. The highest BCUT2D eigenvalue weighted by Crippen LogP contribution is 2.33. The van der Waals surface area contributed by atoms with E-state index in [4.69, 9.17) is 0 Å². The first kappa shape index (κ1) is 12.4. The maximum absolute atomic E-state index is 3.94. The Balaban J connectivity index is 1.74. The second-order valence-electron chi connectivity index (χ2n) is 6.31. The van der Waals surface area contributed by atoms with Gasteiger partial charge in [0.1, 0.15) is 0 Å². The predicted molar refractivity (Wildman–Crippen MR) is 70.5 cm³/mol. The van der Waals surface area contributed by atoms with E-state index in [1.165, 1.54) is 44.9 Å². The van der Waals surface area contributed by atoms with Crippen LogP contribution in [-0.2, 0) is 0 Å². The average molecular weight is 223 g/mol. The third-order valence-electron chi connectivity index (χ3n) is 5.34. The minimum Gasteiger partial charge on any atom is -0.311 e. The van der Waals surface area contributed by atoms with Gasteiger partial charge in [-0.15, -0.1) is 0 Å². The lowest BCUT2D eigenvalue weighted by Gasteiger charge is -2.32. The average Bonchev–Trinajstić information content (AvgIpc) is 2.62. The molecular weight excluding hydrogens is 194 g/mol. The van der Waals surface area contributed by atoms with Crippen molar-refractivity contribution in [3.05, 3.63) is 0 Å². The summed E-state index contributed by atoms with van der Waals surface area (Å²) in [6.45, 7) is 7.20. The molecule has 1 N–H and O–H groups in total. The second-order valence-corrected chi connectivity index (χ2v) is 6.31. The van der Waals surface area contributed by atoms with Gasteiger partial charge in [-0.1, -0.05) is 27.2 Å². The molecule has 0 heterocycles. The molecule has 3 unspecified atom stereocenters. The van der Waals surface area contributed by atoms with E-state index in [1.54, 1.807) is 0 Å². The monoisotopic (exact) mass is 223 g/mol. The van der Waals surface area contributed by atoms with Crippen LogP contribution in [0.2, 0.25) is 0 Å². The molecule has 1 heteroatoms. The molecule has 3 atom stereocenters. The lowest BCUT2D eigenvalue weighted by molar-refractivity contribution is 0.249. The van der Waals surface area contributed by atoms with Crippen LogP contribution in [0.25, 0.3) is 0 Å². The van der Waals surface area contributed by atoms with Crippen molar-refractivity contribution in [2.75, 3.05) is 0 Å². The van der Waals surface area contributed by atoms with Crippen molar-refractivity contribution in [3.63, 3.8) is 0 Å². The van der Waals surface area contributed by atoms with Crippen LogP contribution in [0.3, 0.4) is 0 Å². The zero-order valence-electron chi connectivity index (χ0n) is 11.3. The first-order valence-corrected chi connectivity index (χ1v) is 7.46. The highest BCUT2D eigenvalue weighted by atomic mass is 15.0. The summed E-state index contributed by atoms with van der Waals surface area (Å²) in [4.78, 5) is 0. The summed E-state index contributed by atoms with van der Waals surface area (Å²) in [6, 6.07) is 1.65. The Labute approximate surface area is 101 Å².